The second-order valence-corrected chi connectivity index (χ2v) is 9.47. The topological polar surface area (TPSA) is 150 Å². The van der Waals surface area contributed by atoms with Gasteiger partial charge in [-0.15, -0.1) is 0 Å². The van der Waals surface area contributed by atoms with Gasteiger partial charge in [-0.25, -0.2) is 0 Å². The van der Waals surface area contributed by atoms with Crippen LogP contribution in [0, 0.1) is 5.92 Å². The third-order valence-corrected chi connectivity index (χ3v) is 6.40. The number of hydrogen-bond acceptors (Lipinski definition) is 6. The van der Waals surface area contributed by atoms with E-state index < -0.39 is 48.2 Å². The minimum absolute atomic E-state index is 0.123. The molecule has 3 rings (SSSR count). The van der Waals surface area contributed by atoms with E-state index in [1.807, 2.05) is 0 Å². The molecule has 2 aromatic carbocycles. The molecule has 0 aromatic heterocycles. The van der Waals surface area contributed by atoms with Crippen molar-refractivity contribution in [1.29, 1.82) is 0 Å². The van der Waals surface area contributed by atoms with Crippen molar-refractivity contribution in [3.8, 4) is 0 Å². The number of ketones is 1. The summed E-state index contributed by atoms with van der Waals surface area (Å²) >= 11 is 0. The second-order valence-electron chi connectivity index (χ2n) is 9.47. The standard InChI is InChI=1S/C28H31N3O7/c1-17(2)24(28(38)31-14-8-13-22(31)27(37)29-19(16-32)15-23(33)34)30-26(36)21-12-7-6-11-20(21)25(35)18-9-4-3-5-10-18/h3-7,9-12,16-17,19,22,24H,8,13-15H2,1-2H3,(H,29,37)(H,30,36)(H,33,34)/t19-,22-,24-/m0/s1. The van der Waals surface area contributed by atoms with Crippen LogP contribution in [-0.4, -0.2) is 70.4 Å². The van der Waals surface area contributed by atoms with E-state index in [0.29, 0.717) is 24.7 Å². The van der Waals surface area contributed by atoms with Crippen LogP contribution in [0.3, 0.4) is 0 Å². The van der Waals surface area contributed by atoms with Gasteiger partial charge in [0.25, 0.3) is 5.91 Å². The molecular formula is C28H31N3O7. The number of benzene rings is 2. The predicted molar refractivity (Wildman–Crippen MR) is 137 cm³/mol. The van der Waals surface area contributed by atoms with Gasteiger partial charge in [0.05, 0.1) is 18.0 Å². The first-order valence-electron chi connectivity index (χ1n) is 12.4. The number of carboxylic acid groups (broad SMARTS) is 1. The van der Waals surface area contributed by atoms with Gasteiger partial charge >= 0.3 is 5.97 Å². The van der Waals surface area contributed by atoms with Gasteiger partial charge in [-0.3, -0.25) is 24.0 Å². The lowest BCUT2D eigenvalue weighted by Crippen LogP contribution is -2.56. The number of amides is 3. The van der Waals surface area contributed by atoms with Crippen molar-refractivity contribution >= 4 is 35.8 Å². The van der Waals surface area contributed by atoms with Gasteiger partial charge in [0.2, 0.25) is 11.8 Å². The van der Waals surface area contributed by atoms with E-state index in [0.717, 1.165) is 0 Å². The lowest BCUT2D eigenvalue weighted by Gasteiger charge is -2.31. The van der Waals surface area contributed by atoms with Crippen LogP contribution in [0.2, 0.25) is 0 Å². The molecule has 3 N–H and O–H groups in total. The number of carbonyl (C=O) groups is 6. The molecule has 0 spiro atoms. The molecule has 1 aliphatic rings. The Balaban J connectivity index is 1.78. The zero-order valence-corrected chi connectivity index (χ0v) is 21.3. The Kier molecular flexibility index (Phi) is 9.48. The second kappa shape index (κ2) is 12.8. The van der Waals surface area contributed by atoms with Crippen LogP contribution in [0.1, 0.15) is 59.4 Å². The fraction of sp³-hybridized carbons (Fsp3) is 0.357. The molecule has 0 radical (unpaired) electrons. The smallest absolute Gasteiger partial charge is 0.305 e. The maximum atomic E-state index is 13.5. The molecule has 0 saturated carbocycles. The fourth-order valence-corrected chi connectivity index (χ4v) is 4.44. The molecule has 0 aliphatic carbocycles. The zero-order chi connectivity index (χ0) is 27.8. The lowest BCUT2D eigenvalue weighted by molar-refractivity contribution is -0.142. The Morgan fingerprint density at radius 1 is 0.974 bits per heavy atom. The molecule has 10 heteroatoms. The van der Waals surface area contributed by atoms with Gasteiger partial charge in [-0.2, -0.15) is 0 Å². The number of aldehydes is 1. The first-order chi connectivity index (χ1) is 18.1. The highest BCUT2D eigenvalue weighted by Gasteiger charge is 2.39. The SMILES string of the molecule is CC(C)[C@H](NC(=O)c1ccccc1C(=O)c1ccccc1)C(=O)N1CCC[C@H]1C(=O)N[C@H](C=O)CC(=O)O. The van der Waals surface area contributed by atoms with Crippen molar-refractivity contribution in [2.75, 3.05) is 6.54 Å². The van der Waals surface area contributed by atoms with E-state index in [1.165, 1.54) is 11.0 Å². The van der Waals surface area contributed by atoms with Gasteiger partial charge in [0.15, 0.2) is 5.78 Å². The average Bonchev–Trinajstić information content (AvgIpc) is 3.41. The molecule has 10 nitrogen and oxygen atoms in total. The quantitative estimate of drug-likeness (QED) is 0.302. The summed E-state index contributed by atoms with van der Waals surface area (Å²) in [5.41, 5.74) is 0.743. The van der Waals surface area contributed by atoms with E-state index in [2.05, 4.69) is 10.6 Å². The molecule has 1 fully saturated rings. The molecular weight excluding hydrogens is 490 g/mol. The summed E-state index contributed by atoms with van der Waals surface area (Å²) < 4.78 is 0. The molecule has 200 valence electrons. The van der Waals surface area contributed by atoms with Gasteiger partial charge in [0, 0.05) is 17.7 Å². The van der Waals surface area contributed by atoms with Crippen LogP contribution in [-0.2, 0) is 19.2 Å². The number of rotatable bonds is 11. The summed E-state index contributed by atoms with van der Waals surface area (Å²) in [4.78, 5) is 76.2. The van der Waals surface area contributed by atoms with Gasteiger partial charge < -0.3 is 25.4 Å². The van der Waals surface area contributed by atoms with E-state index in [4.69, 9.17) is 5.11 Å². The van der Waals surface area contributed by atoms with Gasteiger partial charge in [0.1, 0.15) is 18.4 Å². The summed E-state index contributed by atoms with van der Waals surface area (Å²) in [6.45, 7) is 3.78. The Hall–Kier alpha value is -4.34. The van der Waals surface area contributed by atoms with E-state index in [-0.39, 0.29) is 29.4 Å². The van der Waals surface area contributed by atoms with E-state index >= 15 is 0 Å². The summed E-state index contributed by atoms with van der Waals surface area (Å²) in [5, 5.41) is 14.1. The highest BCUT2D eigenvalue weighted by Crippen LogP contribution is 2.22. The normalized spacial score (nSPS) is 16.4. The van der Waals surface area contributed by atoms with Crippen LogP contribution in [0.15, 0.2) is 54.6 Å². The van der Waals surface area contributed by atoms with Crippen molar-refractivity contribution in [3.05, 3.63) is 71.3 Å². The van der Waals surface area contributed by atoms with E-state index in [1.54, 1.807) is 62.4 Å². The first kappa shape index (κ1) is 28.2. The molecule has 2 aromatic rings. The third-order valence-electron chi connectivity index (χ3n) is 6.40. The van der Waals surface area contributed by atoms with Crippen LogP contribution < -0.4 is 10.6 Å². The Bertz CT molecular complexity index is 1210. The van der Waals surface area contributed by atoms with Crippen LogP contribution in [0.5, 0.6) is 0 Å². The third kappa shape index (κ3) is 6.70. The molecule has 3 atom stereocenters. The first-order valence-corrected chi connectivity index (χ1v) is 12.4. The number of carboxylic acids is 1. The molecule has 3 amide bonds. The zero-order valence-electron chi connectivity index (χ0n) is 21.3. The number of aliphatic carboxylic acids is 1. The maximum absolute atomic E-state index is 13.5. The number of nitrogens with one attached hydrogen (secondary N) is 2. The monoisotopic (exact) mass is 521 g/mol. The Labute approximate surface area is 220 Å². The van der Waals surface area contributed by atoms with Gasteiger partial charge in [-0.05, 0) is 24.8 Å². The number of hydrogen-bond donors (Lipinski definition) is 3. The molecule has 1 aliphatic heterocycles. The maximum Gasteiger partial charge on any atom is 0.305 e. The Morgan fingerprint density at radius 3 is 2.21 bits per heavy atom. The molecule has 0 unspecified atom stereocenters. The summed E-state index contributed by atoms with van der Waals surface area (Å²) in [7, 11) is 0. The van der Waals surface area contributed by atoms with Crippen LogP contribution in [0.4, 0.5) is 0 Å². The highest BCUT2D eigenvalue weighted by molar-refractivity contribution is 6.15. The molecule has 1 heterocycles. The average molecular weight is 522 g/mol. The summed E-state index contributed by atoms with van der Waals surface area (Å²) in [6.07, 6.45) is 0.644. The van der Waals surface area contributed by atoms with Crippen molar-refractivity contribution in [1.82, 2.24) is 15.5 Å². The minimum atomic E-state index is -1.24. The van der Waals surface area contributed by atoms with Crippen molar-refractivity contribution in [2.45, 2.75) is 51.2 Å². The number of likely N-dealkylation sites (tertiary alicyclic amines) is 1. The fourth-order valence-electron chi connectivity index (χ4n) is 4.44. The Morgan fingerprint density at radius 2 is 1.61 bits per heavy atom. The van der Waals surface area contributed by atoms with Crippen LogP contribution >= 0.6 is 0 Å². The van der Waals surface area contributed by atoms with Crippen molar-refractivity contribution in [3.63, 3.8) is 0 Å². The minimum Gasteiger partial charge on any atom is -0.481 e. The summed E-state index contributed by atoms with van der Waals surface area (Å²) in [6, 6.07) is 11.8. The molecule has 0 bridgehead atoms. The van der Waals surface area contributed by atoms with Crippen LogP contribution in [0.25, 0.3) is 0 Å². The molecule has 38 heavy (non-hydrogen) atoms. The van der Waals surface area contributed by atoms with E-state index in [9.17, 15) is 28.8 Å². The predicted octanol–water partition coefficient (Wildman–Crippen LogP) is 1.82. The highest BCUT2D eigenvalue weighted by atomic mass is 16.4. The largest absolute Gasteiger partial charge is 0.481 e. The lowest BCUT2D eigenvalue weighted by atomic mass is 9.96. The van der Waals surface area contributed by atoms with Crippen molar-refractivity contribution in [2.24, 2.45) is 5.92 Å². The van der Waals surface area contributed by atoms with Gasteiger partial charge in [-0.1, -0.05) is 62.4 Å². The number of nitrogens with zero attached hydrogens (tertiary/aromatic N) is 1. The number of carbonyl (C=O) groups excluding carboxylic acids is 5. The van der Waals surface area contributed by atoms with Crippen molar-refractivity contribution < 1.29 is 33.9 Å². The summed E-state index contributed by atoms with van der Waals surface area (Å²) in [5.74, 6) is -3.61. The molecule has 1 saturated heterocycles.